The zero-order valence-corrected chi connectivity index (χ0v) is 10.4. The van der Waals surface area contributed by atoms with Crippen LogP contribution in [0.3, 0.4) is 0 Å². The number of hydrogen-bond donors (Lipinski definition) is 1. The van der Waals surface area contributed by atoms with E-state index in [2.05, 4.69) is 9.98 Å². The summed E-state index contributed by atoms with van der Waals surface area (Å²) in [6.07, 6.45) is 3.67. The summed E-state index contributed by atoms with van der Waals surface area (Å²) in [5.41, 5.74) is 2.80. The molecule has 3 nitrogen and oxygen atoms in total. The van der Waals surface area contributed by atoms with Crippen LogP contribution in [0.4, 0.5) is 5.13 Å². The fraction of sp³-hybridized carbons (Fsp3) is 0.333. The summed E-state index contributed by atoms with van der Waals surface area (Å²) < 4.78 is 0. The number of rotatable bonds is 1. The molecule has 1 aliphatic rings. The molecule has 0 amide bonds. The Morgan fingerprint density at radius 3 is 2.81 bits per heavy atom. The molecule has 1 aromatic heterocycles. The van der Waals surface area contributed by atoms with Crippen molar-refractivity contribution in [2.45, 2.75) is 20.8 Å². The predicted molar refractivity (Wildman–Crippen MR) is 67.5 cm³/mol. The van der Waals surface area contributed by atoms with Crippen LogP contribution in [-0.4, -0.2) is 15.8 Å². The normalized spacial score (nSPS) is 23.8. The number of hydrogen-bond acceptors (Lipinski definition) is 4. The van der Waals surface area contributed by atoms with Crippen LogP contribution in [0.15, 0.2) is 39.6 Å². The predicted octanol–water partition coefficient (Wildman–Crippen LogP) is 3.64. The Bertz CT molecular complexity index is 483. The molecule has 1 aromatic rings. The molecule has 1 aliphatic carbocycles. The van der Waals surface area contributed by atoms with Crippen LogP contribution in [-0.2, 0) is 0 Å². The van der Waals surface area contributed by atoms with Gasteiger partial charge in [0, 0.05) is 17.5 Å². The zero-order valence-electron chi connectivity index (χ0n) is 9.56. The molecule has 0 bridgehead atoms. The van der Waals surface area contributed by atoms with Crippen LogP contribution in [0.1, 0.15) is 20.8 Å². The Morgan fingerprint density at radius 1 is 1.44 bits per heavy atom. The van der Waals surface area contributed by atoms with E-state index in [1.165, 1.54) is 11.3 Å². The van der Waals surface area contributed by atoms with E-state index in [9.17, 15) is 5.11 Å². The average Bonchev–Trinajstić information content (AvgIpc) is 2.76. The number of nitrogens with zero attached hydrogens (tertiary/aromatic N) is 2. The minimum Gasteiger partial charge on any atom is -0.508 e. The van der Waals surface area contributed by atoms with Crippen LogP contribution in [0.2, 0.25) is 0 Å². The molecular formula is C12H14N2OS. The maximum atomic E-state index is 9.80. The van der Waals surface area contributed by atoms with Crippen molar-refractivity contribution in [1.82, 2.24) is 4.98 Å². The first-order valence-electron chi connectivity index (χ1n) is 5.16. The van der Waals surface area contributed by atoms with Crippen molar-refractivity contribution in [1.29, 1.82) is 0 Å². The molecule has 84 valence electrons. The van der Waals surface area contributed by atoms with Crippen LogP contribution in [0, 0.1) is 5.92 Å². The van der Waals surface area contributed by atoms with E-state index < -0.39 is 0 Å². The molecule has 1 heterocycles. The summed E-state index contributed by atoms with van der Waals surface area (Å²) in [5.74, 6) is 0.540. The first kappa shape index (κ1) is 11.1. The number of aliphatic hydroxyl groups excluding tert-OH is 1. The summed E-state index contributed by atoms with van der Waals surface area (Å²) in [5, 5.41) is 12.5. The van der Waals surface area contributed by atoms with E-state index in [4.69, 9.17) is 0 Å². The first-order chi connectivity index (χ1) is 7.59. The highest BCUT2D eigenvalue weighted by atomic mass is 32.1. The first-order valence-corrected chi connectivity index (χ1v) is 6.04. The SMILES string of the molecule is CC1=CC(=Nc2nccs2)C(C)C(C)=C1O. The lowest BCUT2D eigenvalue weighted by atomic mass is 9.88. The van der Waals surface area contributed by atoms with Gasteiger partial charge in [0.15, 0.2) is 0 Å². The van der Waals surface area contributed by atoms with E-state index in [-0.39, 0.29) is 5.92 Å². The molecule has 1 atom stereocenters. The zero-order chi connectivity index (χ0) is 11.7. The smallest absolute Gasteiger partial charge is 0.209 e. The van der Waals surface area contributed by atoms with E-state index in [1.54, 1.807) is 6.20 Å². The van der Waals surface area contributed by atoms with Gasteiger partial charge in [0.1, 0.15) is 5.76 Å². The molecule has 0 saturated heterocycles. The summed E-state index contributed by atoms with van der Waals surface area (Å²) in [4.78, 5) is 8.63. The van der Waals surface area contributed by atoms with E-state index in [0.717, 1.165) is 22.0 Å². The van der Waals surface area contributed by atoms with Crippen molar-refractivity contribution in [3.63, 3.8) is 0 Å². The molecule has 0 spiro atoms. The van der Waals surface area contributed by atoms with Crippen LogP contribution in [0.5, 0.6) is 0 Å². The molecule has 1 unspecified atom stereocenters. The molecule has 0 radical (unpaired) electrons. The van der Waals surface area contributed by atoms with Crippen LogP contribution in [0.25, 0.3) is 0 Å². The second kappa shape index (κ2) is 4.22. The maximum absolute atomic E-state index is 9.80. The summed E-state index contributed by atoms with van der Waals surface area (Å²) in [6, 6.07) is 0. The van der Waals surface area contributed by atoms with Gasteiger partial charge in [0.05, 0.1) is 5.71 Å². The Labute approximate surface area is 98.9 Å². The fourth-order valence-corrected chi connectivity index (χ4v) is 2.19. The van der Waals surface area contributed by atoms with Gasteiger partial charge in [-0.25, -0.2) is 9.98 Å². The number of aromatic nitrogens is 1. The van der Waals surface area contributed by atoms with Gasteiger partial charge < -0.3 is 5.11 Å². The fourth-order valence-electron chi connectivity index (χ4n) is 1.66. The second-order valence-corrected chi connectivity index (χ2v) is 4.81. The number of aliphatic imine (C=N–C) groups is 1. The van der Waals surface area contributed by atoms with Gasteiger partial charge in [-0.05, 0) is 31.1 Å². The van der Waals surface area contributed by atoms with Gasteiger partial charge in [-0.3, -0.25) is 0 Å². The van der Waals surface area contributed by atoms with E-state index >= 15 is 0 Å². The van der Waals surface area contributed by atoms with Gasteiger partial charge in [0.2, 0.25) is 5.13 Å². The van der Waals surface area contributed by atoms with Gasteiger partial charge in [-0.2, -0.15) is 0 Å². The molecule has 4 heteroatoms. The summed E-state index contributed by atoms with van der Waals surface area (Å²) in [7, 11) is 0. The van der Waals surface area contributed by atoms with Crippen molar-refractivity contribution >= 4 is 22.2 Å². The van der Waals surface area contributed by atoms with Gasteiger partial charge >= 0.3 is 0 Å². The van der Waals surface area contributed by atoms with Crippen LogP contribution >= 0.6 is 11.3 Å². The second-order valence-electron chi connectivity index (χ2n) is 3.93. The quantitative estimate of drug-likeness (QED) is 0.806. The highest BCUT2D eigenvalue weighted by Gasteiger charge is 2.21. The van der Waals surface area contributed by atoms with Crippen molar-refractivity contribution in [2.75, 3.05) is 0 Å². The third-order valence-electron chi connectivity index (χ3n) is 2.85. The minimum absolute atomic E-state index is 0.146. The highest BCUT2D eigenvalue weighted by Crippen LogP contribution is 2.28. The van der Waals surface area contributed by atoms with Gasteiger partial charge in [0.25, 0.3) is 0 Å². The molecule has 0 fully saturated rings. The summed E-state index contributed by atoms with van der Waals surface area (Å²) in [6.45, 7) is 5.87. The molecular weight excluding hydrogens is 220 g/mol. The van der Waals surface area contributed by atoms with Gasteiger partial charge in [-0.1, -0.05) is 6.92 Å². The Hall–Kier alpha value is -1.42. The maximum Gasteiger partial charge on any atom is 0.209 e. The molecule has 16 heavy (non-hydrogen) atoms. The van der Waals surface area contributed by atoms with Crippen molar-refractivity contribution in [3.05, 3.63) is 34.6 Å². The lowest BCUT2D eigenvalue weighted by molar-refractivity contribution is 0.410. The molecule has 0 aromatic carbocycles. The summed E-state index contributed by atoms with van der Waals surface area (Å²) >= 11 is 1.52. The highest BCUT2D eigenvalue weighted by molar-refractivity contribution is 7.13. The Morgan fingerprint density at radius 2 is 2.19 bits per heavy atom. The largest absolute Gasteiger partial charge is 0.508 e. The lowest BCUT2D eigenvalue weighted by Crippen LogP contribution is -2.17. The third-order valence-corrected chi connectivity index (χ3v) is 3.51. The number of thiazole rings is 1. The average molecular weight is 234 g/mol. The van der Waals surface area contributed by atoms with Gasteiger partial charge in [-0.15, -0.1) is 11.3 Å². The van der Waals surface area contributed by atoms with Crippen molar-refractivity contribution in [3.8, 4) is 0 Å². The lowest BCUT2D eigenvalue weighted by Gasteiger charge is -2.20. The standard InChI is InChI=1S/C12H14N2OS/c1-7-6-10(8(2)9(3)11(7)15)14-12-13-4-5-16-12/h4-6,8,15H,1-3H3. The number of allylic oxidation sites excluding steroid dienone is 3. The molecule has 1 N–H and O–H groups in total. The topological polar surface area (TPSA) is 45.5 Å². The molecule has 0 saturated carbocycles. The minimum atomic E-state index is 0.146. The van der Waals surface area contributed by atoms with E-state index in [1.807, 2.05) is 32.2 Å². The monoisotopic (exact) mass is 234 g/mol. The number of aliphatic hydroxyl groups is 1. The van der Waals surface area contributed by atoms with E-state index in [0.29, 0.717) is 5.76 Å². The Kier molecular flexibility index (Phi) is 2.92. The molecule has 0 aliphatic heterocycles. The van der Waals surface area contributed by atoms with Crippen LogP contribution < -0.4 is 0 Å². The Balaban J connectivity index is 2.39. The molecule has 2 rings (SSSR count). The van der Waals surface area contributed by atoms with Crippen molar-refractivity contribution in [2.24, 2.45) is 10.9 Å². The third kappa shape index (κ3) is 1.93. The van der Waals surface area contributed by atoms with Crippen molar-refractivity contribution < 1.29 is 5.11 Å².